The van der Waals surface area contributed by atoms with E-state index in [-0.39, 0.29) is 0 Å². The van der Waals surface area contributed by atoms with Crippen LogP contribution in [0.3, 0.4) is 0 Å². The van der Waals surface area contributed by atoms with Gasteiger partial charge in [-0.3, -0.25) is 4.98 Å². The van der Waals surface area contributed by atoms with E-state index in [2.05, 4.69) is 142 Å². The molecule has 3 aromatic heterocycles. The van der Waals surface area contributed by atoms with Gasteiger partial charge in [0.25, 0.3) is 0 Å². The molecule has 0 spiro atoms. The van der Waals surface area contributed by atoms with Crippen molar-refractivity contribution in [3.05, 3.63) is 162 Å². The van der Waals surface area contributed by atoms with Crippen molar-refractivity contribution in [2.75, 3.05) is 0 Å². The maximum Gasteiger partial charge on any atom is 0.0547 e. The van der Waals surface area contributed by atoms with Crippen molar-refractivity contribution in [3.63, 3.8) is 0 Å². The topological polar surface area (TPSA) is 22.8 Å². The maximum atomic E-state index is 4.30. The average molecular weight is 644 g/mol. The Morgan fingerprint density at radius 3 is 1.88 bits per heavy atom. The Labute approximate surface area is 291 Å². The van der Waals surface area contributed by atoms with Crippen molar-refractivity contribution in [3.8, 4) is 16.8 Å². The van der Waals surface area contributed by atoms with Crippen LogP contribution < -0.4 is 0 Å². The zero-order valence-electron chi connectivity index (χ0n) is 28.0. The third-order valence-electron chi connectivity index (χ3n) is 12.0. The lowest BCUT2D eigenvalue weighted by Gasteiger charge is -2.41. The van der Waals surface area contributed by atoms with Crippen molar-refractivity contribution in [2.45, 2.75) is 38.5 Å². The number of para-hydroxylation sites is 2. The molecule has 7 aromatic rings. The predicted octanol–water partition coefficient (Wildman–Crippen LogP) is 12.1. The minimum atomic E-state index is 0.449. The third kappa shape index (κ3) is 4.07. The quantitative estimate of drug-likeness (QED) is 0.188. The Bertz CT molecular complexity index is 2710. The van der Waals surface area contributed by atoms with E-state index >= 15 is 0 Å². The highest BCUT2D eigenvalue weighted by Crippen LogP contribution is 2.51. The van der Waals surface area contributed by atoms with Gasteiger partial charge in [-0.2, -0.15) is 0 Å². The normalized spacial score (nSPS) is 20.1. The van der Waals surface area contributed by atoms with Crippen molar-refractivity contribution < 1.29 is 0 Å². The molecule has 240 valence electrons. The summed E-state index contributed by atoms with van der Waals surface area (Å²) >= 11 is 0. The Kier molecular flexibility index (Phi) is 6.16. The Morgan fingerprint density at radius 1 is 0.520 bits per heavy atom. The van der Waals surface area contributed by atoms with Gasteiger partial charge in [-0.25, -0.2) is 0 Å². The van der Waals surface area contributed by atoms with Gasteiger partial charge in [0.2, 0.25) is 0 Å². The van der Waals surface area contributed by atoms with Gasteiger partial charge in [0.05, 0.1) is 22.1 Å². The molecular formula is C47H37N3. The molecule has 3 nitrogen and oxygen atoms in total. The van der Waals surface area contributed by atoms with Crippen LogP contribution in [0.1, 0.15) is 38.5 Å². The van der Waals surface area contributed by atoms with E-state index < -0.39 is 0 Å². The summed E-state index contributed by atoms with van der Waals surface area (Å²) in [6, 6.07) is 36.0. The number of hydrogen-bond acceptors (Lipinski definition) is 1. The molecule has 11 rings (SSSR count). The summed E-state index contributed by atoms with van der Waals surface area (Å²) < 4.78 is 4.97. The van der Waals surface area contributed by atoms with Crippen LogP contribution in [-0.4, -0.2) is 14.1 Å². The number of hydrogen-bond donors (Lipinski definition) is 0. The fourth-order valence-corrected chi connectivity index (χ4v) is 9.79. The highest BCUT2D eigenvalue weighted by molar-refractivity contribution is 6.12. The first-order valence-electron chi connectivity index (χ1n) is 18.3. The van der Waals surface area contributed by atoms with E-state index in [4.69, 9.17) is 0 Å². The lowest BCUT2D eigenvalue weighted by atomic mass is 9.64. The van der Waals surface area contributed by atoms with E-state index in [1.165, 1.54) is 86.1 Å². The van der Waals surface area contributed by atoms with E-state index in [1.807, 2.05) is 12.4 Å². The molecular weight excluding hydrogens is 607 g/mol. The van der Waals surface area contributed by atoms with Gasteiger partial charge in [0.1, 0.15) is 0 Å². The van der Waals surface area contributed by atoms with Crippen molar-refractivity contribution >= 4 is 49.3 Å². The van der Waals surface area contributed by atoms with Gasteiger partial charge in [-0.1, -0.05) is 90.5 Å². The van der Waals surface area contributed by atoms with Crippen LogP contribution in [0.5, 0.6) is 0 Å². The first-order valence-corrected chi connectivity index (χ1v) is 18.3. The molecule has 2 atom stereocenters. The van der Waals surface area contributed by atoms with Crippen LogP contribution in [0.15, 0.2) is 162 Å². The SMILES string of the molecule is C1=CC2C3=C(CCC(n4c5ccccc5c5ccc(-c6ccc7c8ccccc8n(-c8ccncc8)c7c6)cc54)=C3)C3=C(CCCC3)C2C=C1. The largest absolute Gasteiger partial charge is 0.313 e. The molecule has 3 heterocycles. The Morgan fingerprint density at radius 2 is 1.14 bits per heavy atom. The van der Waals surface area contributed by atoms with Crippen molar-refractivity contribution in [2.24, 2.45) is 11.8 Å². The van der Waals surface area contributed by atoms with Gasteiger partial charge >= 0.3 is 0 Å². The molecule has 0 amide bonds. The summed E-state index contributed by atoms with van der Waals surface area (Å²) in [7, 11) is 0. The second-order valence-corrected chi connectivity index (χ2v) is 14.5. The molecule has 0 saturated carbocycles. The number of nitrogens with zero attached hydrogens (tertiary/aromatic N) is 3. The molecule has 0 bridgehead atoms. The summed E-state index contributed by atoms with van der Waals surface area (Å²) in [5.41, 5.74) is 16.7. The van der Waals surface area contributed by atoms with E-state index in [0.29, 0.717) is 11.8 Å². The number of pyridine rings is 1. The fraction of sp³-hybridized carbons (Fsp3) is 0.170. The Hall–Kier alpha value is -5.67. The number of rotatable bonds is 3. The number of allylic oxidation sites excluding steroid dienone is 10. The zero-order valence-corrected chi connectivity index (χ0v) is 28.0. The summed E-state index contributed by atoms with van der Waals surface area (Å²) in [5, 5.41) is 5.17. The summed E-state index contributed by atoms with van der Waals surface area (Å²) in [6.45, 7) is 0. The molecule has 4 aliphatic carbocycles. The lowest BCUT2D eigenvalue weighted by molar-refractivity contribution is 0.514. The molecule has 4 aromatic carbocycles. The summed E-state index contributed by atoms with van der Waals surface area (Å²) in [6.07, 6.45) is 23.2. The van der Waals surface area contributed by atoms with Gasteiger partial charge in [-0.05, 0) is 109 Å². The van der Waals surface area contributed by atoms with Gasteiger partial charge in [-0.15, -0.1) is 0 Å². The monoisotopic (exact) mass is 643 g/mol. The van der Waals surface area contributed by atoms with Crippen LogP contribution in [0, 0.1) is 11.8 Å². The lowest BCUT2D eigenvalue weighted by Crippen LogP contribution is -2.27. The molecule has 0 N–H and O–H groups in total. The molecule has 0 radical (unpaired) electrons. The van der Waals surface area contributed by atoms with Gasteiger partial charge in [0, 0.05) is 57.2 Å². The second kappa shape index (κ2) is 10.9. The number of fused-ring (bicyclic) bond motifs is 10. The van der Waals surface area contributed by atoms with Crippen LogP contribution in [0.2, 0.25) is 0 Å². The van der Waals surface area contributed by atoms with E-state index in [9.17, 15) is 0 Å². The van der Waals surface area contributed by atoms with Crippen molar-refractivity contribution in [1.82, 2.24) is 14.1 Å². The minimum Gasteiger partial charge on any atom is -0.313 e. The molecule has 4 aliphatic rings. The first kappa shape index (κ1) is 28.2. The highest BCUT2D eigenvalue weighted by Gasteiger charge is 2.37. The zero-order chi connectivity index (χ0) is 32.8. The van der Waals surface area contributed by atoms with E-state index in [0.717, 1.165) is 18.5 Å². The Balaban J connectivity index is 1.11. The average Bonchev–Trinajstić information content (AvgIpc) is 3.70. The smallest absolute Gasteiger partial charge is 0.0547 e. The molecule has 0 aliphatic heterocycles. The minimum absolute atomic E-state index is 0.449. The predicted molar refractivity (Wildman–Crippen MR) is 208 cm³/mol. The fourth-order valence-electron chi connectivity index (χ4n) is 9.79. The van der Waals surface area contributed by atoms with Gasteiger partial charge < -0.3 is 9.13 Å². The van der Waals surface area contributed by atoms with Gasteiger partial charge in [0.15, 0.2) is 0 Å². The van der Waals surface area contributed by atoms with Crippen molar-refractivity contribution in [1.29, 1.82) is 0 Å². The first-order chi connectivity index (χ1) is 24.8. The third-order valence-corrected chi connectivity index (χ3v) is 12.0. The van der Waals surface area contributed by atoms with Crippen LogP contribution in [0.4, 0.5) is 0 Å². The molecule has 0 fully saturated rings. The molecule has 3 heteroatoms. The summed E-state index contributed by atoms with van der Waals surface area (Å²) in [4.78, 5) is 4.30. The van der Waals surface area contributed by atoms with Crippen LogP contribution in [-0.2, 0) is 0 Å². The van der Waals surface area contributed by atoms with Crippen LogP contribution in [0.25, 0.3) is 66.1 Å². The standard InChI is InChI=1S/C47H37N3/c1-2-11-36-34(9-1)35-10-3-4-12-37(35)43-29-33(19-22-38(36)43)50-45-16-8-6-14-40(45)42-21-18-31(28-47(42)50)30-17-20-41-39-13-5-7-15-44(39)49(46(41)27-30)32-23-25-48-26-24-32/h3-8,10,12-18,20-21,23-29,35,37H,1-2,9,11,19,22H2. The van der Waals surface area contributed by atoms with E-state index in [1.54, 1.807) is 22.3 Å². The summed E-state index contributed by atoms with van der Waals surface area (Å²) in [5.74, 6) is 0.969. The number of benzene rings is 4. The molecule has 2 unspecified atom stereocenters. The number of aromatic nitrogens is 3. The second-order valence-electron chi connectivity index (χ2n) is 14.5. The molecule has 0 saturated heterocycles. The van der Waals surface area contributed by atoms with Crippen LogP contribution >= 0.6 is 0 Å². The maximum absolute atomic E-state index is 4.30. The highest BCUT2D eigenvalue weighted by atomic mass is 15.0. The molecule has 50 heavy (non-hydrogen) atoms.